The second kappa shape index (κ2) is 5.98. The van der Waals surface area contributed by atoms with E-state index in [1.807, 2.05) is 6.07 Å². The first kappa shape index (κ1) is 11.5. The topological polar surface area (TPSA) is 50.9 Å². The van der Waals surface area contributed by atoms with Crippen LogP contribution >= 0.6 is 15.9 Å². The van der Waals surface area contributed by atoms with Crippen LogP contribution < -0.4 is 11.1 Å². The Hall–Kier alpha value is -0.610. The van der Waals surface area contributed by atoms with E-state index in [9.17, 15) is 0 Å². The number of pyridine rings is 1. The van der Waals surface area contributed by atoms with Gasteiger partial charge in [-0.3, -0.25) is 4.98 Å². The van der Waals surface area contributed by atoms with Gasteiger partial charge in [-0.05, 0) is 28.4 Å². The van der Waals surface area contributed by atoms with Crippen LogP contribution in [-0.2, 0) is 0 Å². The van der Waals surface area contributed by atoms with E-state index >= 15 is 0 Å². The molecule has 3 N–H and O–H groups in total. The minimum atomic E-state index is 0.346. The van der Waals surface area contributed by atoms with Crippen molar-refractivity contribution < 1.29 is 0 Å². The standard InChI is InChI=1S/C10H16BrN3/c1-2-3-8(6-12)14-10-4-5-13-7-9(10)11/h4-5,7-8H,2-3,6,12H2,1H3,(H,13,14). The molecule has 0 fully saturated rings. The Labute approximate surface area is 93.2 Å². The Kier molecular flexibility index (Phi) is 4.90. The summed E-state index contributed by atoms with van der Waals surface area (Å²) in [6.07, 6.45) is 5.78. The van der Waals surface area contributed by atoms with Crippen LogP contribution in [0.5, 0.6) is 0 Å². The van der Waals surface area contributed by atoms with Crippen molar-refractivity contribution in [3.63, 3.8) is 0 Å². The molecule has 4 heteroatoms. The Bertz CT molecular complexity index is 278. The molecule has 0 aliphatic heterocycles. The smallest absolute Gasteiger partial charge is 0.0590 e. The summed E-state index contributed by atoms with van der Waals surface area (Å²) >= 11 is 3.44. The summed E-state index contributed by atoms with van der Waals surface area (Å²) in [6.45, 7) is 2.81. The van der Waals surface area contributed by atoms with Gasteiger partial charge in [-0.15, -0.1) is 0 Å². The molecular weight excluding hydrogens is 242 g/mol. The predicted molar refractivity (Wildman–Crippen MR) is 63.3 cm³/mol. The van der Waals surface area contributed by atoms with Crippen molar-refractivity contribution in [3.8, 4) is 0 Å². The third-order valence-corrected chi connectivity index (χ3v) is 2.69. The van der Waals surface area contributed by atoms with E-state index in [0.29, 0.717) is 12.6 Å². The van der Waals surface area contributed by atoms with Gasteiger partial charge < -0.3 is 11.1 Å². The highest BCUT2D eigenvalue weighted by Crippen LogP contribution is 2.21. The number of rotatable bonds is 5. The molecule has 0 aliphatic carbocycles. The van der Waals surface area contributed by atoms with Crippen molar-refractivity contribution in [1.82, 2.24) is 4.98 Å². The summed E-state index contributed by atoms with van der Waals surface area (Å²) in [5, 5.41) is 3.39. The molecule has 1 aromatic heterocycles. The van der Waals surface area contributed by atoms with E-state index in [1.54, 1.807) is 12.4 Å². The van der Waals surface area contributed by atoms with E-state index in [4.69, 9.17) is 5.73 Å². The highest BCUT2D eigenvalue weighted by Gasteiger charge is 2.06. The Morgan fingerprint density at radius 3 is 3.00 bits per heavy atom. The molecule has 1 atom stereocenters. The summed E-state index contributed by atoms with van der Waals surface area (Å²) in [7, 11) is 0. The maximum Gasteiger partial charge on any atom is 0.0590 e. The van der Waals surface area contributed by atoms with Crippen molar-refractivity contribution >= 4 is 21.6 Å². The summed E-state index contributed by atoms with van der Waals surface area (Å²) in [5.74, 6) is 0. The summed E-state index contributed by atoms with van der Waals surface area (Å²) < 4.78 is 0.981. The zero-order valence-corrected chi connectivity index (χ0v) is 9.92. The van der Waals surface area contributed by atoms with Gasteiger partial charge >= 0.3 is 0 Å². The minimum Gasteiger partial charge on any atom is -0.380 e. The Balaban J connectivity index is 2.62. The molecule has 1 rings (SSSR count). The van der Waals surface area contributed by atoms with Crippen LogP contribution in [0.25, 0.3) is 0 Å². The van der Waals surface area contributed by atoms with Crippen LogP contribution in [0, 0.1) is 0 Å². The second-order valence-electron chi connectivity index (χ2n) is 3.22. The van der Waals surface area contributed by atoms with Crippen molar-refractivity contribution in [1.29, 1.82) is 0 Å². The Morgan fingerprint density at radius 2 is 2.43 bits per heavy atom. The van der Waals surface area contributed by atoms with E-state index in [0.717, 1.165) is 23.0 Å². The molecule has 0 radical (unpaired) electrons. The molecule has 0 spiro atoms. The van der Waals surface area contributed by atoms with E-state index in [-0.39, 0.29) is 0 Å². The summed E-state index contributed by atoms with van der Waals surface area (Å²) in [5.41, 5.74) is 6.72. The van der Waals surface area contributed by atoms with Gasteiger partial charge in [0.05, 0.1) is 10.2 Å². The molecule has 78 valence electrons. The van der Waals surface area contributed by atoms with Crippen molar-refractivity contribution in [2.45, 2.75) is 25.8 Å². The van der Waals surface area contributed by atoms with Gasteiger partial charge in [0.1, 0.15) is 0 Å². The van der Waals surface area contributed by atoms with Crippen LogP contribution in [0.4, 0.5) is 5.69 Å². The predicted octanol–water partition coefficient (Wildman–Crippen LogP) is 2.38. The van der Waals surface area contributed by atoms with Crippen molar-refractivity contribution in [2.24, 2.45) is 5.73 Å². The lowest BCUT2D eigenvalue weighted by Crippen LogP contribution is -2.28. The molecule has 1 heterocycles. The molecule has 3 nitrogen and oxygen atoms in total. The van der Waals surface area contributed by atoms with Crippen LogP contribution in [-0.4, -0.2) is 17.6 Å². The van der Waals surface area contributed by atoms with E-state index < -0.39 is 0 Å². The molecule has 0 bridgehead atoms. The molecule has 0 amide bonds. The molecule has 1 unspecified atom stereocenters. The zero-order valence-electron chi connectivity index (χ0n) is 8.33. The number of nitrogens with two attached hydrogens (primary N) is 1. The fourth-order valence-corrected chi connectivity index (χ4v) is 1.67. The first-order valence-corrected chi connectivity index (χ1v) is 5.63. The van der Waals surface area contributed by atoms with E-state index in [1.165, 1.54) is 0 Å². The second-order valence-corrected chi connectivity index (χ2v) is 4.08. The fraction of sp³-hybridized carbons (Fsp3) is 0.500. The third-order valence-electron chi connectivity index (χ3n) is 2.05. The SMILES string of the molecule is CCCC(CN)Nc1ccncc1Br. The fourth-order valence-electron chi connectivity index (χ4n) is 1.31. The van der Waals surface area contributed by atoms with Crippen LogP contribution in [0.2, 0.25) is 0 Å². The third kappa shape index (κ3) is 3.27. The van der Waals surface area contributed by atoms with Crippen LogP contribution in [0.1, 0.15) is 19.8 Å². The molecule has 1 aromatic rings. The normalized spacial score (nSPS) is 12.5. The molecular formula is C10H16BrN3. The number of aromatic nitrogens is 1. The number of anilines is 1. The van der Waals surface area contributed by atoms with Gasteiger partial charge in [-0.1, -0.05) is 13.3 Å². The lowest BCUT2D eigenvalue weighted by Gasteiger charge is -2.17. The van der Waals surface area contributed by atoms with Gasteiger partial charge in [0.2, 0.25) is 0 Å². The number of hydrogen-bond acceptors (Lipinski definition) is 3. The van der Waals surface area contributed by atoms with Gasteiger partial charge in [-0.25, -0.2) is 0 Å². The van der Waals surface area contributed by atoms with Crippen LogP contribution in [0.3, 0.4) is 0 Å². The molecule has 0 aliphatic rings. The summed E-state index contributed by atoms with van der Waals surface area (Å²) in [6, 6.07) is 2.29. The monoisotopic (exact) mass is 257 g/mol. The van der Waals surface area contributed by atoms with Gasteiger partial charge in [-0.2, -0.15) is 0 Å². The molecule has 0 saturated carbocycles. The first-order chi connectivity index (χ1) is 6.77. The van der Waals surface area contributed by atoms with Crippen LogP contribution in [0.15, 0.2) is 22.9 Å². The molecule has 0 aromatic carbocycles. The van der Waals surface area contributed by atoms with Gasteiger partial charge in [0, 0.05) is 25.0 Å². The maximum absolute atomic E-state index is 5.66. The lowest BCUT2D eigenvalue weighted by atomic mass is 10.1. The van der Waals surface area contributed by atoms with Crippen molar-refractivity contribution in [3.05, 3.63) is 22.9 Å². The largest absolute Gasteiger partial charge is 0.380 e. The minimum absolute atomic E-state index is 0.346. The van der Waals surface area contributed by atoms with Gasteiger partial charge in [0.15, 0.2) is 0 Å². The number of halogens is 1. The Morgan fingerprint density at radius 1 is 1.64 bits per heavy atom. The van der Waals surface area contributed by atoms with Gasteiger partial charge in [0.25, 0.3) is 0 Å². The molecule has 14 heavy (non-hydrogen) atoms. The zero-order chi connectivity index (χ0) is 10.4. The highest BCUT2D eigenvalue weighted by atomic mass is 79.9. The highest BCUT2D eigenvalue weighted by molar-refractivity contribution is 9.10. The number of hydrogen-bond donors (Lipinski definition) is 2. The average molecular weight is 258 g/mol. The van der Waals surface area contributed by atoms with Crippen molar-refractivity contribution in [2.75, 3.05) is 11.9 Å². The number of nitrogens with zero attached hydrogens (tertiary/aromatic N) is 1. The summed E-state index contributed by atoms with van der Waals surface area (Å²) in [4.78, 5) is 4.01. The lowest BCUT2D eigenvalue weighted by molar-refractivity contribution is 0.648. The maximum atomic E-state index is 5.66. The molecule has 0 saturated heterocycles. The van der Waals surface area contributed by atoms with E-state index in [2.05, 4.69) is 33.2 Å². The first-order valence-electron chi connectivity index (χ1n) is 4.84. The average Bonchev–Trinajstić information content (AvgIpc) is 2.20. The quantitative estimate of drug-likeness (QED) is 0.852. The number of nitrogens with one attached hydrogen (secondary N) is 1.